The molecular formula is C14H23N3O2. The Morgan fingerprint density at radius 1 is 1.47 bits per heavy atom. The molecule has 0 amide bonds. The molecule has 0 saturated heterocycles. The topological polar surface area (TPSA) is 69.8 Å². The summed E-state index contributed by atoms with van der Waals surface area (Å²) >= 11 is 0. The zero-order valence-corrected chi connectivity index (χ0v) is 11.4. The summed E-state index contributed by atoms with van der Waals surface area (Å²) in [6, 6.07) is 1.91. The second-order valence-electron chi connectivity index (χ2n) is 4.97. The van der Waals surface area contributed by atoms with Gasteiger partial charge in [-0.2, -0.15) is 0 Å². The molecule has 1 saturated carbocycles. The van der Waals surface area contributed by atoms with E-state index in [1.165, 1.54) is 0 Å². The van der Waals surface area contributed by atoms with Crippen LogP contribution in [-0.4, -0.2) is 30.3 Å². The number of aliphatic imine (C=N–C) groups is 1. The fourth-order valence-corrected chi connectivity index (χ4v) is 2.38. The van der Waals surface area contributed by atoms with Gasteiger partial charge in [0, 0.05) is 24.6 Å². The summed E-state index contributed by atoms with van der Waals surface area (Å²) in [4.78, 5) is 4.49. The minimum Gasteiger partial charge on any atom is -0.472 e. The van der Waals surface area contributed by atoms with E-state index in [0.717, 1.165) is 43.9 Å². The largest absolute Gasteiger partial charge is 0.472 e. The van der Waals surface area contributed by atoms with Gasteiger partial charge < -0.3 is 20.2 Å². The lowest BCUT2D eigenvalue weighted by Gasteiger charge is -2.17. The van der Waals surface area contributed by atoms with Gasteiger partial charge in [0.25, 0.3) is 0 Å². The highest BCUT2D eigenvalue weighted by atomic mass is 16.3. The minimum atomic E-state index is -0.163. The Kier molecular flexibility index (Phi) is 5.27. The first-order valence-corrected chi connectivity index (χ1v) is 7.01. The van der Waals surface area contributed by atoms with Crippen molar-refractivity contribution in [2.24, 2.45) is 10.9 Å². The number of nitrogens with zero attached hydrogens (tertiary/aromatic N) is 1. The van der Waals surface area contributed by atoms with Gasteiger partial charge in [0.1, 0.15) is 0 Å². The molecule has 1 aliphatic rings. The fraction of sp³-hybridized carbons (Fsp3) is 0.643. The monoisotopic (exact) mass is 265 g/mol. The maximum atomic E-state index is 9.80. The van der Waals surface area contributed by atoms with Gasteiger partial charge in [0.05, 0.1) is 25.2 Å². The zero-order valence-electron chi connectivity index (χ0n) is 11.4. The summed E-state index contributed by atoms with van der Waals surface area (Å²) in [5.74, 6) is 1.14. The van der Waals surface area contributed by atoms with Crippen LogP contribution in [0.3, 0.4) is 0 Å². The third-order valence-corrected chi connectivity index (χ3v) is 3.49. The number of guanidine groups is 1. The van der Waals surface area contributed by atoms with Gasteiger partial charge in [0.15, 0.2) is 5.96 Å². The first-order valence-electron chi connectivity index (χ1n) is 7.01. The van der Waals surface area contributed by atoms with E-state index < -0.39 is 0 Å². The summed E-state index contributed by atoms with van der Waals surface area (Å²) in [6.07, 6.45) is 6.33. The van der Waals surface area contributed by atoms with Crippen LogP contribution in [0.1, 0.15) is 31.7 Å². The zero-order chi connectivity index (χ0) is 13.5. The van der Waals surface area contributed by atoms with Gasteiger partial charge >= 0.3 is 0 Å². The van der Waals surface area contributed by atoms with Gasteiger partial charge in [-0.1, -0.05) is 6.42 Å². The van der Waals surface area contributed by atoms with Crippen LogP contribution >= 0.6 is 0 Å². The predicted octanol–water partition coefficient (Wildman–Crippen LogP) is 1.50. The number of aliphatic hydroxyl groups excluding tert-OH is 1. The molecule has 106 valence electrons. The molecule has 1 aromatic heterocycles. The molecule has 0 bridgehead atoms. The maximum absolute atomic E-state index is 9.80. The van der Waals surface area contributed by atoms with E-state index in [-0.39, 0.29) is 6.10 Å². The Hall–Kier alpha value is -1.49. The molecule has 5 nitrogen and oxygen atoms in total. The van der Waals surface area contributed by atoms with Crippen LogP contribution in [0.15, 0.2) is 28.0 Å². The lowest BCUT2D eigenvalue weighted by atomic mass is 10.1. The van der Waals surface area contributed by atoms with Crippen molar-refractivity contribution >= 4 is 5.96 Å². The molecule has 1 fully saturated rings. The maximum Gasteiger partial charge on any atom is 0.191 e. The number of aliphatic hydroxyl groups is 1. The molecule has 19 heavy (non-hydrogen) atoms. The number of furan rings is 1. The Morgan fingerprint density at radius 2 is 2.37 bits per heavy atom. The predicted molar refractivity (Wildman–Crippen MR) is 74.9 cm³/mol. The van der Waals surface area contributed by atoms with Crippen molar-refractivity contribution in [1.82, 2.24) is 10.6 Å². The van der Waals surface area contributed by atoms with E-state index in [2.05, 4.69) is 15.6 Å². The summed E-state index contributed by atoms with van der Waals surface area (Å²) in [5, 5.41) is 16.3. The van der Waals surface area contributed by atoms with Crippen LogP contribution in [0.2, 0.25) is 0 Å². The Labute approximate surface area is 114 Å². The van der Waals surface area contributed by atoms with Crippen LogP contribution < -0.4 is 10.6 Å². The molecule has 0 spiro atoms. The van der Waals surface area contributed by atoms with E-state index in [0.29, 0.717) is 12.5 Å². The third kappa shape index (κ3) is 4.28. The molecule has 0 aromatic carbocycles. The molecule has 0 aliphatic heterocycles. The average molecular weight is 265 g/mol. The highest BCUT2D eigenvalue weighted by Gasteiger charge is 2.24. The van der Waals surface area contributed by atoms with E-state index >= 15 is 0 Å². The first-order chi connectivity index (χ1) is 9.29. The summed E-state index contributed by atoms with van der Waals surface area (Å²) in [6.45, 7) is 4.24. The third-order valence-electron chi connectivity index (χ3n) is 3.49. The van der Waals surface area contributed by atoms with E-state index in [9.17, 15) is 5.11 Å². The van der Waals surface area contributed by atoms with Crippen LogP contribution in [-0.2, 0) is 6.54 Å². The molecule has 2 unspecified atom stereocenters. The smallest absolute Gasteiger partial charge is 0.191 e. The van der Waals surface area contributed by atoms with Crippen molar-refractivity contribution in [2.75, 3.05) is 13.1 Å². The normalized spacial score (nSPS) is 23.6. The van der Waals surface area contributed by atoms with Crippen molar-refractivity contribution in [3.05, 3.63) is 24.2 Å². The number of rotatable bonds is 5. The molecule has 3 N–H and O–H groups in total. The highest BCUT2D eigenvalue weighted by molar-refractivity contribution is 5.79. The second kappa shape index (κ2) is 7.19. The van der Waals surface area contributed by atoms with Crippen LogP contribution in [0.4, 0.5) is 0 Å². The SMILES string of the molecule is CCNC(=NCc1ccoc1)NCC1CCCC1O. The van der Waals surface area contributed by atoms with Crippen molar-refractivity contribution in [3.63, 3.8) is 0 Å². The summed E-state index contributed by atoms with van der Waals surface area (Å²) in [5.41, 5.74) is 1.05. The number of hydrogen-bond acceptors (Lipinski definition) is 3. The highest BCUT2D eigenvalue weighted by Crippen LogP contribution is 2.24. The van der Waals surface area contributed by atoms with Gasteiger partial charge in [-0.05, 0) is 25.8 Å². The van der Waals surface area contributed by atoms with Gasteiger partial charge in [0.2, 0.25) is 0 Å². The average Bonchev–Trinajstić information content (AvgIpc) is 3.04. The molecule has 5 heteroatoms. The standard InChI is InChI=1S/C14H23N3O2/c1-2-15-14(16-8-11-6-7-19-10-11)17-9-12-4-3-5-13(12)18/h6-7,10,12-13,18H,2-5,8-9H2,1H3,(H2,15,16,17). The Bertz CT molecular complexity index is 389. The van der Waals surface area contributed by atoms with Crippen molar-refractivity contribution in [3.8, 4) is 0 Å². The summed E-state index contributed by atoms with van der Waals surface area (Å²) < 4.78 is 5.02. The number of hydrogen-bond donors (Lipinski definition) is 3. The molecule has 1 heterocycles. The molecular weight excluding hydrogens is 242 g/mol. The first kappa shape index (κ1) is 13.9. The van der Waals surface area contributed by atoms with Crippen LogP contribution in [0, 0.1) is 5.92 Å². The molecule has 2 atom stereocenters. The minimum absolute atomic E-state index is 0.163. The molecule has 1 aromatic rings. The fourth-order valence-electron chi connectivity index (χ4n) is 2.38. The molecule has 2 rings (SSSR count). The Balaban J connectivity index is 1.83. The number of nitrogens with one attached hydrogen (secondary N) is 2. The van der Waals surface area contributed by atoms with E-state index in [1.807, 2.05) is 13.0 Å². The Morgan fingerprint density at radius 3 is 3.00 bits per heavy atom. The van der Waals surface area contributed by atoms with E-state index in [4.69, 9.17) is 4.42 Å². The van der Waals surface area contributed by atoms with Crippen molar-refractivity contribution in [1.29, 1.82) is 0 Å². The lowest BCUT2D eigenvalue weighted by molar-refractivity contribution is 0.134. The van der Waals surface area contributed by atoms with Gasteiger partial charge in [-0.15, -0.1) is 0 Å². The molecule has 1 aliphatic carbocycles. The second-order valence-corrected chi connectivity index (χ2v) is 4.97. The van der Waals surface area contributed by atoms with Gasteiger partial charge in [-0.25, -0.2) is 4.99 Å². The van der Waals surface area contributed by atoms with Crippen LogP contribution in [0.5, 0.6) is 0 Å². The van der Waals surface area contributed by atoms with Crippen LogP contribution in [0.25, 0.3) is 0 Å². The van der Waals surface area contributed by atoms with Crippen molar-refractivity contribution in [2.45, 2.75) is 38.8 Å². The molecule has 0 radical (unpaired) electrons. The quantitative estimate of drug-likeness (QED) is 0.557. The van der Waals surface area contributed by atoms with Crippen molar-refractivity contribution < 1.29 is 9.52 Å². The lowest BCUT2D eigenvalue weighted by Crippen LogP contribution is -2.41. The summed E-state index contributed by atoms with van der Waals surface area (Å²) in [7, 11) is 0. The van der Waals surface area contributed by atoms with E-state index in [1.54, 1.807) is 12.5 Å². The van der Waals surface area contributed by atoms with Gasteiger partial charge in [-0.3, -0.25) is 0 Å².